The van der Waals surface area contributed by atoms with E-state index in [1.165, 1.54) is 11.3 Å². The molecule has 0 saturated heterocycles. The average Bonchev–Trinajstić information content (AvgIpc) is 2.34. The van der Waals surface area contributed by atoms with Crippen molar-refractivity contribution in [1.82, 2.24) is 0 Å². The fourth-order valence-electron chi connectivity index (χ4n) is 1.87. The molecule has 0 saturated carbocycles. The van der Waals surface area contributed by atoms with Crippen LogP contribution in [-0.2, 0) is 0 Å². The molecule has 0 aliphatic heterocycles. The van der Waals surface area contributed by atoms with Crippen LogP contribution in [0.4, 0.5) is 5.69 Å². The average molecular weight is 236 g/mol. The Morgan fingerprint density at radius 1 is 1.35 bits per heavy atom. The number of hydrogen-bond donors (Lipinski definition) is 1. The summed E-state index contributed by atoms with van der Waals surface area (Å²) in [6.07, 6.45) is 1.01. The van der Waals surface area contributed by atoms with Gasteiger partial charge in [0.05, 0.1) is 7.11 Å². The maximum absolute atomic E-state index is 5.53. The Morgan fingerprint density at radius 2 is 2.06 bits per heavy atom. The molecule has 0 aliphatic carbocycles. The molecule has 0 fully saturated rings. The van der Waals surface area contributed by atoms with E-state index in [1.807, 2.05) is 6.07 Å². The Balaban J connectivity index is 2.91. The van der Waals surface area contributed by atoms with Crippen LogP contribution in [0.25, 0.3) is 0 Å². The van der Waals surface area contributed by atoms with Crippen molar-refractivity contribution < 1.29 is 4.74 Å². The lowest BCUT2D eigenvalue weighted by Crippen LogP contribution is -2.21. The fraction of sp³-hybridized carbons (Fsp3) is 0.571. The summed E-state index contributed by atoms with van der Waals surface area (Å²) in [5.74, 6) is 1.43. The van der Waals surface area contributed by atoms with Gasteiger partial charge < -0.3 is 15.4 Å². The lowest BCUT2D eigenvalue weighted by molar-refractivity contribution is 0.407. The number of benzene rings is 1. The van der Waals surface area contributed by atoms with Crippen molar-refractivity contribution in [3.63, 3.8) is 0 Å². The number of nitrogens with two attached hydrogens (primary N) is 1. The van der Waals surface area contributed by atoms with Crippen molar-refractivity contribution in [1.29, 1.82) is 0 Å². The minimum Gasteiger partial charge on any atom is -0.496 e. The molecule has 0 atom stereocenters. The lowest BCUT2D eigenvalue weighted by atomic mass is 10.0. The van der Waals surface area contributed by atoms with Gasteiger partial charge in [-0.3, -0.25) is 0 Å². The minimum absolute atomic E-state index is 0.466. The monoisotopic (exact) mass is 236 g/mol. The van der Waals surface area contributed by atoms with Gasteiger partial charge in [0.2, 0.25) is 0 Å². The fourth-order valence-corrected chi connectivity index (χ4v) is 1.87. The van der Waals surface area contributed by atoms with Gasteiger partial charge in [-0.05, 0) is 42.6 Å². The van der Waals surface area contributed by atoms with Crippen molar-refractivity contribution in [2.45, 2.75) is 26.2 Å². The molecule has 0 spiro atoms. The van der Waals surface area contributed by atoms with E-state index in [0.717, 1.165) is 25.3 Å². The summed E-state index contributed by atoms with van der Waals surface area (Å²) in [5, 5.41) is 0. The molecule has 3 nitrogen and oxygen atoms in total. The Hall–Kier alpha value is -1.22. The van der Waals surface area contributed by atoms with Crippen LogP contribution >= 0.6 is 0 Å². The van der Waals surface area contributed by atoms with Crippen LogP contribution in [0.2, 0.25) is 0 Å². The molecular formula is C14H24N2O. The Kier molecular flexibility index (Phi) is 5.29. The minimum atomic E-state index is 0.466. The molecule has 2 N–H and O–H groups in total. The first-order chi connectivity index (χ1) is 8.10. The van der Waals surface area contributed by atoms with Crippen molar-refractivity contribution in [2.24, 2.45) is 5.73 Å². The molecule has 1 rings (SSSR count). The standard InChI is InChI=1S/C14H24N2O/c1-11(2)13-10-12(6-7-14(13)17-4)16(3)9-5-8-15/h6-7,10-11H,5,8-9,15H2,1-4H3. The summed E-state index contributed by atoms with van der Waals surface area (Å²) in [7, 11) is 3.82. The van der Waals surface area contributed by atoms with Gasteiger partial charge in [-0.2, -0.15) is 0 Å². The molecule has 1 aromatic rings. The van der Waals surface area contributed by atoms with E-state index < -0.39 is 0 Å². The Morgan fingerprint density at radius 3 is 2.59 bits per heavy atom. The molecule has 3 heteroatoms. The van der Waals surface area contributed by atoms with Crippen molar-refractivity contribution in [2.75, 3.05) is 32.1 Å². The summed E-state index contributed by atoms with van der Waals surface area (Å²) in [4.78, 5) is 2.23. The summed E-state index contributed by atoms with van der Waals surface area (Å²) in [5.41, 5.74) is 8.01. The lowest BCUT2D eigenvalue weighted by Gasteiger charge is -2.21. The van der Waals surface area contributed by atoms with Gasteiger partial charge in [0.15, 0.2) is 0 Å². The maximum atomic E-state index is 5.53. The first kappa shape index (κ1) is 13.8. The largest absolute Gasteiger partial charge is 0.496 e. The number of methoxy groups -OCH3 is 1. The molecular weight excluding hydrogens is 212 g/mol. The highest BCUT2D eigenvalue weighted by Crippen LogP contribution is 2.30. The molecule has 0 amide bonds. The van der Waals surface area contributed by atoms with Crippen LogP contribution < -0.4 is 15.4 Å². The van der Waals surface area contributed by atoms with E-state index in [4.69, 9.17) is 10.5 Å². The van der Waals surface area contributed by atoms with Gasteiger partial charge in [-0.15, -0.1) is 0 Å². The van der Waals surface area contributed by atoms with Crippen LogP contribution in [-0.4, -0.2) is 27.2 Å². The van der Waals surface area contributed by atoms with Crippen LogP contribution in [0, 0.1) is 0 Å². The van der Waals surface area contributed by atoms with Crippen molar-refractivity contribution in [3.05, 3.63) is 23.8 Å². The van der Waals surface area contributed by atoms with E-state index in [9.17, 15) is 0 Å². The molecule has 0 radical (unpaired) electrons. The zero-order chi connectivity index (χ0) is 12.8. The number of rotatable bonds is 6. The normalized spacial score (nSPS) is 10.7. The number of nitrogens with zero attached hydrogens (tertiary/aromatic N) is 1. The number of anilines is 1. The van der Waals surface area contributed by atoms with Gasteiger partial charge in [-0.1, -0.05) is 13.8 Å². The Bertz CT molecular complexity index is 350. The maximum Gasteiger partial charge on any atom is 0.122 e. The molecule has 1 aromatic carbocycles. The third-order valence-corrected chi connectivity index (χ3v) is 2.97. The zero-order valence-electron chi connectivity index (χ0n) is 11.4. The number of ether oxygens (including phenoxy) is 1. The highest BCUT2D eigenvalue weighted by Gasteiger charge is 2.10. The van der Waals surface area contributed by atoms with E-state index >= 15 is 0 Å². The van der Waals surface area contributed by atoms with Gasteiger partial charge in [0.1, 0.15) is 5.75 Å². The van der Waals surface area contributed by atoms with E-state index in [-0.39, 0.29) is 0 Å². The third-order valence-electron chi connectivity index (χ3n) is 2.97. The number of hydrogen-bond acceptors (Lipinski definition) is 3. The molecule has 0 unspecified atom stereocenters. The van der Waals surface area contributed by atoms with Crippen LogP contribution in [0.15, 0.2) is 18.2 Å². The molecule has 96 valence electrons. The summed E-state index contributed by atoms with van der Waals surface area (Å²) < 4.78 is 5.38. The van der Waals surface area contributed by atoms with Crippen LogP contribution in [0.1, 0.15) is 31.7 Å². The SMILES string of the molecule is COc1ccc(N(C)CCCN)cc1C(C)C. The smallest absolute Gasteiger partial charge is 0.122 e. The zero-order valence-corrected chi connectivity index (χ0v) is 11.4. The second-order valence-corrected chi connectivity index (χ2v) is 4.64. The van der Waals surface area contributed by atoms with E-state index in [1.54, 1.807) is 7.11 Å². The van der Waals surface area contributed by atoms with Crippen molar-refractivity contribution in [3.8, 4) is 5.75 Å². The third kappa shape index (κ3) is 3.63. The van der Waals surface area contributed by atoms with Gasteiger partial charge in [-0.25, -0.2) is 0 Å². The topological polar surface area (TPSA) is 38.5 Å². The quantitative estimate of drug-likeness (QED) is 0.825. The van der Waals surface area contributed by atoms with Crippen LogP contribution in [0.3, 0.4) is 0 Å². The van der Waals surface area contributed by atoms with Crippen molar-refractivity contribution >= 4 is 5.69 Å². The second-order valence-electron chi connectivity index (χ2n) is 4.64. The highest BCUT2D eigenvalue weighted by molar-refractivity contribution is 5.53. The first-order valence-corrected chi connectivity index (χ1v) is 6.19. The molecule has 0 bridgehead atoms. The van der Waals surface area contributed by atoms with E-state index in [0.29, 0.717) is 5.92 Å². The highest BCUT2D eigenvalue weighted by atomic mass is 16.5. The summed E-state index contributed by atoms with van der Waals surface area (Å²) in [6.45, 7) is 6.08. The summed E-state index contributed by atoms with van der Waals surface area (Å²) in [6, 6.07) is 6.35. The predicted molar refractivity (Wildman–Crippen MR) is 74.0 cm³/mol. The van der Waals surface area contributed by atoms with Gasteiger partial charge in [0.25, 0.3) is 0 Å². The molecule has 0 aromatic heterocycles. The molecule has 0 aliphatic rings. The summed E-state index contributed by atoms with van der Waals surface area (Å²) >= 11 is 0. The second kappa shape index (κ2) is 6.50. The van der Waals surface area contributed by atoms with Gasteiger partial charge in [0, 0.05) is 19.3 Å². The van der Waals surface area contributed by atoms with Gasteiger partial charge >= 0.3 is 0 Å². The molecule has 0 heterocycles. The van der Waals surface area contributed by atoms with Crippen LogP contribution in [0.5, 0.6) is 5.75 Å². The Labute approximate surface area is 105 Å². The predicted octanol–water partition coefficient (Wildman–Crippen LogP) is 2.60. The molecule has 17 heavy (non-hydrogen) atoms. The first-order valence-electron chi connectivity index (χ1n) is 6.19. The van der Waals surface area contributed by atoms with E-state index in [2.05, 4.69) is 37.9 Å².